The van der Waals surface area contributed by atoms with Crippen LogP contribution in [0.1, 0.15) is 30.7 Å². The first kappa shape index (κ1) is 18.2. The zero-order valence-corrected chi connectivity index (χ0v) is 15.1. The molecule has 2 amide bonds. The van der Waals surface area contributed by atoms with Crippen molar-refractivity contribution in [3.8, 4) is 0 Å². The number of furan rings is 1. The third-order valence-electron chi connectivity index (χ3n) is 4.66. The first-order valence-corrected chi connectivity index (χ1v) is 8.95. The van der Waals surface area contributed by atoms with Gasteiger partial charge in [0.1, 0.15) is 11.8 Å². The summed E-state index contributed by atoms with van der Waals surface area (Å²) in [7, 11) is 0. The first-order chi connectivity index (χ1) is 12.5. The average molecular weight is 355 g/mol. The molecule has 1 aromatic heterocycles. The van der Waals surface area contributed by atoms with Crippen LogP contribution in [0.2, 0.25) is 0 Å². The van der Waals surface area contributed by atoms with Crippen LogP contribution in [0.25, 0.3) is 0 Å². The average Bonchev–Trinajstić information content (AvgIpc) is 3.17. The Morgan fingerprint density at radius 1 is 1.19 bits per heavy atom. The van der Waals surface area contributed by atoms with Crippen molar-refractivity contribution < 1.29 is 14.0 Å². The number of carbonyl (C=O) groups is 2. The van der Waals surface area contributed by atoms with Crippen molar-refractivity contribution in [2.45, 2.75) is 45.4 Å². The van der Waals surface area contributed by atoms with Crippen LogP contribution in [0.3, 0.4) is 0 Å². The molecule has 0 fully saturated rings. The highest BCUT2D eigenvalue weighted by Crippen LogP contribution is 2.16. The summed E-state index contributed by atoms with van der Waals surface area (Å²) >= 11 is 0. The minimum absolute atomic E-state index is 0.0218. The van der Waals surface area contributed by atoms with Gasteiger partial charge in [0.25, 0.3) is 0 Å². The summed E-state index contributed by atoms with van der Waals surface area (Å²) in [6.07, 6.45) is 2.19. The van der Waals surface area contributed by atoms with Gasteiger partial charge in [-0.2, -0.15) is 0 Å². The molecule has 138 valence electrons. The number of rotatable bonds is 6. The predicted molar refractivity (Wildman–Crippen MR) is 98.1 cm³/mol. The van der Waals surface area contributed by atoms with E-state index in [4.69, 9.17) is 4.42 Å². The SMILES string of the molecule is CC(C)[C@H](NC(=O)[C@@H]1Cc2ccccc2CN1)C(=O)NCc1ccco1. The molecule has 0 spiro atoms. The molecule has 3 N–H and O–H groups in total. The molecule has 3 rings (SSSR count). The van der Waals surface area contributed by atoms with Crippen LogP contribution in [0.15, 0.2) is 47.1 Å². The monoisotopic (exact) mass is 355 g/mol. The lowest BCUT2D eigenvalue weighted by Gasteiger charge is -2.28. The molecule has 1 aliphatic heterocycles. The molecule has 0 aliphatic carbocycles. The molecule has 2 heterocycles. The third kappa shape index (κ3) is 4.32. The van der Waals surface area contributed by atoms with E-state index in [9.17, 15) is 9.59 Å². The lowest BCUT2D eigenvalue weighted by Crippen LogP contribution is -2.55. The Morgan fingerprint density at radius 3 is 2.65 bits per heavy atom. The van der Waals surface area contributed by atoms with Crippen molar-refractivity contribution in [2.24, 2.45) is 5.92 Å². The molecule has 2 atom stereocenters. The molecule has 1 aromatic carbocycles. The maximum Gasteiger partial charge on any atom is 0.243 e. The lowest BCUT2D eigenvalue weighted by molar-refractivity contribution is -0.131. The van der Waals surface area contributed by atoms with E-state index in [-0.39, 0.29) is 23.8 Å². The summed E-state index contributed by atoms with van der Waals surface area (Å²) in [4.78, 5) is 25.2. The highest BCUT2D eigenvalue weighted by atomic mass is 16.3. The van der Waals surface area contributed by atoms with Crippen LogP contribution in [0.4, 0.5) is 0 Å². The second-order valence-electron chi connectivity index (χ2n) is 6.93. The Labute approximate surface area is 153 Å². The number of amides is 2. The zero-order chi connectivity index (χ0) is 18.5. The van der Waals surface area contributed by atoms with Crippen molar-refractivity contribution >= 4 is 11.8 Å². The summed E-state index contributed by atoms with van der Waals surface area (Å²) in [6.45, 7) is 4.80. The first-order valence-electron chi connectivity index (χ1n) is 8.95. The molecular formula is C20H25N3O3. The highest BCUT2D eigenvalue weighted by Gasteiger charge is 2.29. The number of fused-ring (bicyclic) bond motifs is 1. The fourth-order valence-corrected chi connectivity index (χ4v) is 3.13. The Bertz CT molecular complexity index is 755. The van der Waals surface area contributed by atoms with Crippen LogP contribution in [-0.4, -0.2) is 23.9 Å². The van der Waals surface area contributed by atoms with Gasteiger partial charge < -0.3 is 20.4 Å². The van der Waals surface area contributed by atoms with E-state index in [2.05, 4.69) is 22.0 Å². The van der Waals surface area contributed by atoms with Crippen LogP contribution in [-0.2, 0) is 29.1 Å². The van der Waals surface area contributed by atoms with Crippen LogP contribution in [0.5, 0.6) is 0 Å². The Hall–Kier alpha value is -2.60. The standard InChI is InChI=1S/C20H25N3O3/c1-13(2)18(20(25)22-12-16-8-5-9-26-16)23-19(24)17-10-14-6-3-4-7-15(14)11-21-17/h3-9,13,17-18,21H,10-12H2,1-2H3,(H,22,25)(H,23,24)/t17-,18-/m0/s1. The number of hydrogen-bond acceptors (Lipinski definition) is 4. The fourth-order valence-electron chi connectivity index (χ4n) is 3.13. The van der Waals surface area contributed by atoms with Crippen molar-refractivity contribution in [1.82, 2.24) is 16.0 Å². The largest absolute Gasteiger partial charge is 0.467 e. The smallest absolute Gasteiger partial charge is 0.243 e. The molecule has 0 unspecified atom stereocenters. The van der Waals surface area contributed by atoms with E-state index >= 15 is 0 Å². The second-order valence-corrected chi connectivity index (χ2v) is 6.93. The summed E-state index contributed by atoms with van der Waals surface area (Å²) in [5, 5.41) is 8.98. The second kappa shape index (κ2) is 8.19. The van der Waals surface area contributed by atoms with E-state index in [1.807, 2.05) is 32.0 Å². The molecule has 0 radical (unpaired) electrons. The predicted octanol–water partition coefficient (Wildman–Crippen LogP) is 1.75. The number of nitrogens with one attached hydrogen (secondary N) is 3. The molecule has 0 saturated heterocycles. The maximum atomic E-state index is 12.7. The molecule has 26 heavy (non-hydrogen) atoms. The van der Waals surface area contributed by atoms with Crippen LogP contribution in [0, 0.1) is 5.92 Å². The molecule has 6 nitrogen and oxygen atoms in total. The third-order valence-corrected chi connectivity index (χ3v) is 4.66. The van der Waals surface area contributed by atoms with Gasteiger partial charge in [0.05, 0.1) is 18.8 Å². The molecule has 6 heteroatoms. The number of benzene rings is 1. The van der Waals surface area contributed by atoms with E-state index < -0.39 is 6.04 Å². The van der Waals surface area contributed by atoms with Crippen molar-refractivity contribution in [1.29, 1.82) is 0 Å². The number of carbonyl (C=O) groups excluding carboxylic acids is 2. The van der Waals surface area contributed by atoms with E-state index in [0.29, 0.717) is 25.3 Å². The maximum absolute atomic E-state index is 12.7. The minimum Gasteiger partial charge on any atom is -0.467 e. The molecule has 1 aliphatic rings. The quantitative estimate of drug-likeness (QED) is 0.737. The summed E-state index contributed by atoms with van der Waals surface area (Å²) in [6, 6.07) is 10.8. The lowest BCUT2D eigenvalue weighted by atomic mass is 9.95. The summed E-state index contributed by atoms with van der Waals surface area (Å²) in [5.74, 6) is 0.302. The van der Waals surface area contributed by atoms with Crippen molar-refractivity contribution in [3.05, 3.63) is 59.5 Å². The van der Waals surface area contributed by atoms with Crippen LogP contribution < -0.4 is 16.0 Å². The summed E-state index contributed by atoms with van der Waals surface area (Å²) < 4.78 is 5.22. The molecular weight excluding hydrogens is 330 g/mol. The highest BCUT2D eigenvalue weighted by molar-refractivity contribution is 5.90. The van der Waals surface area contributed by atoms with E-state index in [1.54, 1.807) is 18.4 Å². The van der Waals surface area contributed by atoms with Gasteiger partial charge in [-0.25, -0.2) is 0 Å². The Morgan fingerprint density at radius 2 is 1.96 bits per heavy atom. The topological polar surface area (TPSA) is 83.4 Å². The van der Waals surface area contributed by atoms with Gasteiger partial charge in [-0.15, -0.1) is 0 Å². The van der Waals surface area contributed by atoms with Gasteiger partial charge in [0.15, 0.2) is 0 Å². The Balaban J connectivity index is 1.59. The molecule has 2 aromatic rings. The van der Waals surface area contributed by atoms with E-state index in [1.165, 1.54) is 11.1 Å². The van der Waals surface area contributed by atoms with Crippen molar-refractivity contribution in [2.75, 3.05) is 0 Å². The van der Waals surface area contributed by atoms with Gasteiger partial charge in [-0.05, 0) is 35.6 Å². The van der Waals surface area contributed by atoms with Gasteiger partial charge >= 0.3 is 0 Å². The van der Waals surface area contributed by atoms with E-state index in [0.717, 1.165) is 0 Å². The number of hydrogen-bond donors (Lipinski definition) is 3. The van der Waals surface area contributed by atoms with Gasteiger partial charge in [-0.3, -0.25) is 9.59 Å². The Kier molecular flexibility index (Phi) is 5.73. The van der Waals surface area contributed by atoms with Crippen LogP contribution >= 0.6 is 0 Å². The fraction of sp³-hybridized carbons (Fsp3) is 0.400. The van der Waals surface area contributed by atoms with Gasteiger partial charge in [0, 0.05) is 6.54 Å². The molecule has 0 bridgehead atoms. The normalized spacial score (nSPS) is 17.4. The zero-order valence-electron chi connectivity index (χ0n) is 15.1. The molecule has 0 saturated carbocycles. The van der Waals surface area contributed by atoms with Gasteiger partial charge in [0.2, 0.25) is 11.8 Å². The summed E-state index contributed by atoms with van der Waals surface area (Å²) in [5.41, 5.74) is 2.39. The minimum atomic E-state index is -0.587. The van der Waals surface area contributed by atoms with Gasteiger partial charge in [-0.1, -0.05) is 38.1 Å². The van der Waals surface area contributed by atoms with Crippen molar-refractivity contribution in [3.63, 3.8) is 0 Å².